The number of aromatic nitrogens is 1. The molecular formula is C11H14N4OS. The van der Waals surface area contributed by atoms with Crippen molar-refractivity contribution in [3.63, 3.8) is 0 Å². The van der Waals surface area contributed by atoms with Gasteiger partial charge in [0.05, 0.1) is 0 Å². The van der Waals surface area contributed by atoms with Gasteiger partial charge in [-0.05, 0) is 18.6 Å². The summed E-state index contributed by atoms with van der Waals surface area (Å²) in [6.45, 7) is 0.769. The number of nitrogens with one attached hydrogen (secondary N) is 1. The number of nitrogens with zero attached hydrogens (tertiary/aromatic N) is 2. The second-order valence-electron chi connectivity index (χ2n) is 4.04. The number of nitrogens with two attached hydrogens (primary N) is 1. The highest BCUT2D eigenvalue weighted by atomic mass is 32.1. The summed E-state index contributed by atoms with van der Waals surface area (Å²) in [6, 6.07) is 3.30. The molecule has 1 aliphatic rings. The van der Waals surface area contributed by atoms with E-state index in [1.54, 1.807) is 30.3 Å². The fourth-order valence-electron chi connectivity index (χ4n) is 1.80. The van der Waals surface area contributed by atoms with Gasteiger partial charge < -0.3 is 16.0 Å². The molecule has 0 spiro atoms. The molecule has 3 N–H and O–H groups in total. The summed E-state index contributed by atoms with van der Waals surface area (Å²) in [5.41, 5.74) is 6.29. The Morgan fingerprint density at radius 1 is 1.71 bits per heavy atom. The molecule has 5 nitrogen and oxygen atoms in total. The van der Waals surface area contributed by atoms with Crippen LogP contribution in [0.15, 0.2) is 18.3 Å². The van der Waals surface area contributed by atoms with Gasteiger partial charge in [0.15, 0.2) is 0 Å². The van der Waals surface area contributed by atoms with Crippen LogP contribution < -0.4 is 11.1 Å². The lowest BCUT2D eigenvalue weighted by Crippen LogP contribution is -2.31. The molecular weight excluding hydrogens is 236 g/mol. The van der Waals surface area contributed by atoms with Crippen LogP contribution in [0.25, 0.3) is 0 Å². The van der Waals surface area contributed by atoms with Crippen LogP contribution in [0.5, 0.6) is 0 Å². The molecule has 1 fully saturated rings. The first-order valence-corrected chi connectivity index (χ1v) is 5.76. The van der Waals surface area contributed by atoms with Crippen LogP contribution in [0.2, 0.25) is 0 Å². The zero-order valence-corrected chi connectivity index (χ0v) is 10.3. The summed E-state index contributed by atoms with van der Waals surface area (Å²) < 4.78 is 0. The van der Waals surface area contributed by atoms with Crippen molar-refractivity contribution in [2.24, 2.45) is 5.73 Å². The van der Waals surface area contributed by atoms with E-state index in [0.717, 1.165) is 18.5 Å². The number of carbonyl (C=O) groups is 1. The molecule has 1 aromatic rings. The number of carbonyl (C=O) groups excluding carboxylic acids is 1. The summed E-state index contributed by atoms with van der Waals surface area (Å²) in [5.74, 6) is 0.719. The summed E-state index contributed by atoms with van der Waals surface area (Å²) in [7, 11) is 1.79. The zero-order chi connectivity index (χ0) is 12.4. The standard InChI is InChI=1S/C11H14N4OS/c1-15-5-3-8(11(15)16)14-9-6-7(10(12)17)2-4-13-9/h2,4,6,8H,3,5H2,1H3,(H2,12,17)(H,13,14). The molecule has 90 valence electrons. The van der Waals surface area contributed by atoms with Crippen LogP contribution in [-0.4, -0.2) is 40.4 Å². The Balaban J connectivity index is 2.11. The first kappa shape index (κ1) is 11.8. The van der Waals surface area contributed by atoms with Crippen LogP contribution in [0.4, 0.5) is 5.82 Å². The van der Waals surface area contributed by atoms with Crippen molar-refractivity contribution in [3.8, 4) is 0 Å². The van der Waals surface area contributed by atoms with E-state index < -0.39 is 0 Å². The van der Waals surface area contributed by atoms with Crippen LogP contribution in [0, 0.1) is 0 Å². The third-order valence-electron chi connectivity index (χ3n) is 2.79. The number of anilines is 1. The van der Waals surface area contributed by atoms with Gasteiger partial charge in [0, 0.05) is 25.4 Å². The highest BCUT2D eigenvalue weighted by molar-refractivity contribution is 7.80. The van der Waals surface area contributed by atoms with E-state index in [9.17, 15) is 4.79 Å². The normalized spacial score (nSPS) is 19.5. The Bertz CT molecular complexity index is 463. The van der Waals surface area contributed by atoms with Crippen LogP contribution in [-0.2, 0) is 4.79 Å². The maximum absolute atomic E-state index is 11.7. The lowest BCUT2D eigenvalue weighted by atomic mass is 10.2. The predicted molar refractivity (Wildman–Crippen MR) is 69.8 cm³/mol. The molecule has 6 heteroatoms. The molecule has 0 bridgehead atoms. The second-order valence-corrected chi connectivity index (χ2v) is 4.48. The van der Waals surface area contributed by atoms with Gasteiger partial charge in [-0.1, -0.05) is 12.2 Å². The smallest absolute Gasteiger partial charge is 0.244 e. The zero-order valence-electron chi connectivity index (χ0n) is 9.51. The van der Waals surface area contributed by atoms with Crippen molar-refractivity contribution in [1.29, 1.82) is 0 Å². The van der Waals surface area contributed by atoms with Gasteiger partial charge in [-0.25, -0.2) is 4.98 Å². The number of pyridine rings is 1. The molecule has 0 aliphatic carbocycles. The molecule has 1 aromatic heterocycles. The van der Waals surface area contributed by atoms with Gasteiger partial charge in [-0.15, -0.1) is 0 Å². The van der Waals surface area contributed by atoms with Crippen molar-refractivity contribution in [2.75, 3.05) is 18.9 Å². The molecule has 2 rings (SSSR count). The van der Waals surface area contributed by atoms with Gasteiger partial charge in [0.1, 0.15) is 16.8 Å². The van der Waals surface area contributed by atoms with Gasteiger partial charge in [0.2, 0.25) is 5.91 Å². The molecule has 1 unspecified atom stereocenters. The monoisotopic (exact) mass is 250 g/mol. The minimum atomic E-state index is -0.200. The van der Waals surface area contributed by atoms with Crippen LogP contribution in [0.1, 0.15) is 12.0 Å². The van der Waals surface area contributed by atoms with Crippen molar-refractivity contribution < 1.29 is 4.79 Å². The second kappa shape index (κ2) is 4.67. The van der Waals surface area contributed by atoms with Crippen molar-refractivity contribution in [2.45, 2.75) is 12.5 Å². The summed E-state index contributed by atoms with van der Waals surface area (Å²) in [6.07, 6.45) is 2.41. The van der Waals surface area contributed by atoms with Crippen molar-refractivity contribution >= 4 is 28.9 Å². The summed E-state index contributed by atoms with van der Waals surface area (Å²) in [5, 5.41) is 3.10. The van der Waals surface area contributed by atoms with E-state index in [-0.39, 0.29) is 11.9 Å². The fourth-order valence-corrected chi connectivity index (χ4v) is 1.92. The molecule has 1 saturated heterocycles. The molecule has 1 atom stereocenters. The lowest BCUT2D eigenvalue weighted by molar-refractivity contribution is -0.127. The highest BCUT2D eigenvalue weighted by Gasteiger charge is 2.28. The minimum absolute atomic E-state index is 0.0903. The summed E-state index contributed by atoms with van der Waals surface area (Å²) in [4.78, 5) is 17.9. The Morgan fingerprint density at radius 2 is 2.47 bits per heavy atom. The Kier molecular flexibility index (Phi) is 3.23. The molecule has 17 heavy (non-hydrogen) atoms. The molecule has 0 saturated carbocycles. The Hall–Kier alpha value is -1.69. The molecule has 0 aromatic carbocycles. The first-order valence-electron chi connectivity index (χ1n) is 5.35. The van der Waals surface area contributed by atoms with Crippen molar-refractivity contribution in [1.82, 2.24) is 9.88 Å². The van der Waals surface area contributed by atoms with E-state index >= 15 is 0 Å². The maximum Gasteiger partial charge on any atom is 0.244 e. The molecule has 2 heterocycles. The number of hydrogen-bond acceptors (Lipinski definition) is 4. The van der Waals surface area contributed by atoms with E-state index in [2.05, 4.69) is 10.3 Å². The highest BCUT2D eigenvalue weighted by Crippen LogP contribution is 2.15. The van der Waals surface area contributed by atoms with E-state index in [1.807, 2.05) is 0 Å². The van der Waals surface area contributed by atoms with Gasteiger partial charge in [-0.3, -0.25) is 4.79 Å². The number of rotatable bonds is 3. The third kappa shape index (κ3) is 2.52. The van der Waals surface area contributed by atoms with Crippen LogP contribution >= 0.6 is 12.2 Å². The van der Waals surface area contributed by atoms with E-state index in [1.165, 1.54) is 0 Å². The molecule has 1 aliphatic heterocycles. The summed E-state index contributed by atoms with van der Waals surface area (Å²) >= 11 is 4.89. The largest absolute Gasteiger partial charge is 0.389 e. The van der Waals surface area contributed by atoms with E-state index in [0.29, 0.717) is 10.8 Å². The number of hydrogen-bond donors (Lipinski definition) is 2. The maximum atomic E-state index is 11.7. The molecule has 1 amide bonds. The molecule has 0 radical (unpaired) electrons. The van der Waals surface area contributed by atoms with Gasteiger partial charge >= 0.3 is 0 Å². The number of thiocarbonyl (C=S) groups is 1. The fraction of sp³-hybridized carbons (Fsp3) is 0.364. The topological polar surface area (TPSA) is 71.2 Å². The Labute approximate surface area is 105 Å². The first-order chi connectivity index (χ1) is 8.08. The SMILES string of the molecule is CN1CCC(Nc2cc(C(N)=S)ccn2)C1=O. The lowest BCUT2D eigenvalue weighted by Gasteiger charge is -2.13. The van der Waals surface area contributed by atoms with Crippen LogP contribution in [0.3, 0.4) is 0 Å². The Morgan fingerprint density at radius 3 is 3.06 bits per heavy atom. The van der Waals surface area contributed by atoms with E-state index in [4.69, 9.17) is 18.0 Å². The average molecular weight is 250 g/mol. The number of likely N-dealkylation sites (N-methyl/N-ethyl adjacent to an activating group) is 1. The van der Waals surface area contributed by atoms with Crippen molar-refractivity contribution in [3.05, 3.63) is 23.9 Å². The number of likely N-dealkylation sites (tertiary alicyclic amines) is 1. The quantitative estimate of drug-likeness (QED) is 0.758. The third-order valence-corrected chi connectivity index (χ3v) is 3.03. The number of amides is 1. The average Bonchev–Trinajstić information content (AvgIpc) is 2.61. The van der Waals surface area contributed by atoms with Gasteiger partial charge in [0.25, 0.3) is 0 Å². The minimum Gasteiger partial charge on any atom is -0.389 e. The van der Waals surface area contributed by atoms with Gasteiger partial charge in [-0.2, -0.15) is 0 Å². The predicted octanol–water partition coefficient (Wildman–Crippen LogP) is 0.358.